The second-order valence-electron chi connectivity index (χ2n) is 4.24. The number of carbonyl (C=O) groups is 1. The summed E-state index contributed by atoms with van der Waals surface area (Å²) in [6, 6.07) is 3.58. The Morgan fingerprint density at radius 3 is 2.73 bits per heavy atom. The highest BCUT2D eigenvalue weighted by Gasteiger charge is 2.25. The van der Waals surface area contributed by atoms with Gasteiger partial charge in [-0.05, 0) is 6.07 Å². The second-order valence-corrected chi connectivity index (χ2v) is 4.24. The number of nitrogens with zero attached hydrogens (tertiary/aromatic N) is 1. The van der Waals surface area contributed by atoms with Crippen LogP contribution < -0.4 is 11.5 Å². The summed E-state index contributed by atoms with van der Waals surface area (Å²) >= 11 is 0. The van der Waals surface area contributed by atoms with Crippen LogP contribution in [0.15, 0.2) is 18.3 Å². The van der Waals surface area contributed by atoms with E-state index < -0.39 is 5.41 Å². The van der Waals surface area contributed by atoms with Crippen LogP contribution in [-0.4, -0.2) is 17.3 Å². The van der Waals surface area contributed by atoms with Gasteiger partial charge in [0, 0.05) is 30.1 Å². The van der Waals surface area contributed by atoms with Crippen LogP contribution in [0.5, 0.6) is 0 Å². The molecule has 15 heavy (non-hydrogen) atoms. The average Bonchev–Trinajstić information content (AvgIpc) is 2.21. The molecule has 0 saturated carbocycles. The molecule has 0 bridgehead atoms. The Hall–Kier alpha value is -1.42. The number of Topliss-reactive ketones (excluding diaryl/α,β-unsaturated/α-hetero) is 1. The van der Waals surface area contributed by atoms with Gasteiger partial charge in [0.25, 0.3) is 0 Å². The van der Waals surface area contributed by atoms with Crippen LogP contribution in [0.1, 0.15) is 19.4 Å². The predicted octanol–water partition coefficient (Wildman–Crippen LogP) is 0.760. The Morgan fingerprint density at radius 1 is 1.53 bits per heavy atom. The fourth-order valence-corrected chi connectivity index (χ4v) is 1.13. The summed E-state index contributed by atoms with van der Waals surface area (Å²) in [5, 5.41) is 0. The SMILES string of the molecule is CC(C)(CN)C(=O)Cc1cccnc1N. The molecule has 0 unspecified atom stereocenters. The van der Waals surface area contributed by atoms with Gasteiger partial charge in [-0.15, -0.1) is 0 Å². The quantitative estimate of drug-likeness (QED) is 0.763. The fraction of sp³-hybridized carbons (Fsp3) is 0.455. The molecule has 0 fully saturated rings. The van der Waals surface area contributed by atoms with Crippen molar-refractivity contribution >= 4 is 11.6 Å². The molecular formula is C11H17N3O. The molecule has 0 aromatic carbocycles. The third kappa shape index (κ3) is 2.76. The van der Waals surface area contributed by atoms with E-state index in [-0.39, 0.29) is 5.78 Å². The number of rotatable bonds is 4. The lowest BCUT2D eigenvalue weighted by molar-refractivity contribution is -0.125. The number of nitrogens with two attached hydrogens (primary N) is 2. The molecule has 4 nitrogen and oxygen atoms in total. The van der Waals surface area contributed by atoms with E-state index in [2.05, 4.69) is 4.98 Å². The van der Waals surface area contributed by atoms with Crippen LogP contribution in [0.4, 0.5) is 5.82 Å². The summed E-state index contributed by atoms with van der Waals surface area (Å²) in [7, 11) is 0. The highest BCUT2D eigenvalue weighted by atomic mass is 16.1. The molecule has 1 heterocycles. The second kappa shape index (κ2) is 4.40. The third-order valence-electron chi connectivity index (χ3n) is 2.54. The summed E-state index contributed by atoms with van der Waals surface area (Å²) in [6.45, 7) is 4.01. The maximum absolute atomic E-state index is 11.9. The first-order valence-electron chi connectivity index (χ1n) is 4.90. The lowest BCUT2D eigenvalue weighted by atomic mass is 9.85. The van der Waals surface area contributed by atoms with Crippen molar-refractivity contribution in [2.24, 2.45) is 11.1 Å². The molecule has 0 radical (unpaired) electrons. The zero-order valence-electron chi connectivity index (χ0n) is 9.16. The number of carbonyl (C=O) groups excluding carboxylic acids is 1. The number of hydrogen-bond acceptors (Lipinski definition) is 4. The predicted molar refractivity (Wildman–Crippen MR) is 60.2 cm³/mol. The largest absolute Gasteiger partial charge is 0.383 e. The van der Waals surface area contributed by atoms with Gasteiger partial charge in [-0.25, -0.2) is 4.98 Å². The molecule has 1 aromatic rings. The number of aromatic nitrogens is 1. The van der Waals surface area contributed by atoms with Crippen LogP contribution in [0.3, 0.4) is 0 Å². The van der Waals surface area contributed by atoms with Gasteiger partial charge in [0.05, 0.1) is 0 Å². The molecular weight excluding hydrogens is 190 g/mol. The van der Waals surface area contributed by atoms with E-state index in [0.29, 0.717) is 18.8 Å². The van der Waals surface area contributed by atoms with E-state index in [1.165, 1.54) is 0 Å². The molecule has 0 atom stereocenters. The fourth-order valence-electron chi connectivity index (χ4n) is 1.13. The van der Waals surface area contributed by atoms with Gasteiger partial charge in [0.2, 0.25) is 0 Å². The minimum absolute atomic E-state index is 0.0877. The highest BCUT2D eigenvalue weighted by molar-refractivity contribution is 5.87. The van der Waals surface area contributed by atoms with Crippen molar-refractivity contribution in [3.8, 4) is 0 Å². The Kier molecular flexibility index (Phi) is 3.42. The first kappa shape index (κ1) is 11.7. The standard InChI is InChI=1S/C11H17N3O/c1-11(2,7-12)9(15)6-8-4-3-5-14-10(8)13/h3-5H,6-7,12H2,1-2H3,(H2,13,14). The lowest BCUT2D eigenvalue weighted by Crippen LogP contribution is -2.34. The van der Waals surface area contributed by atoms with Gasteiger partial charge >= 0.3 is 0 Å². The van der Waals surface area contributed by atoms with Crippen LogP contribution in [0.25, 0.3) is 0 Å². The first-order valence-corrected chi connectivity index (χ1v) is 4.90. The van der Waals surface area contributed by atoms with Crippen molar-refractivity contribution in [2.75, 3.05) is 12.3 Å². The highest BCUT2D eigenvalue weighted by Crippen LogP contribution is 2.19. The Labute approximate surface area is 89.7 Å². The zero-order chi connectivity index (χ0) is 11.5. The molecule has 0 saturated heterocycles. The van der Waals surface area contributed by atoms with Crippen molar-refractivity contribution < 1.29 is 4.79 Å². The summed E-state index contributed by atoms with van der Waals surface area (Å²) in [5.74, 6) is 0.503. The minimum Gasteiger partial charge on any atom is -0.383 e. The molecule has 1 aromatic heterocycles. The minimum atomic E-state index is -0.498. The van der Waals surface area contributed by atoms with E-state index in [1.54, 1.807) is 12.3 Å². The number of pyridine rings is 1. The van der Waals surface area contributed by atoms with E-state index in [9.17, 15) is 4.79 Å². The monoisotopic (exact) mass is 207 g/mol. The van der Waals surface area contributed by atoms with Crippen LogP contribution in [-0.2, 0) is 11.2 Å². The number of ketones is 1. The summed E-state index contributed by atoms with van der Waals surface area (Å²) in [6.07, 6.45) is 1.90. The van der Waals surface area contributed by atoms with Crippen molar-refractivity contribution in [2.45, 2.75) is 20.3 Å². The van der Waals surface area contributed by atoms with E-state index in [4.69, 9.17) is 11.5 Å². The molecule has 0 amide bonds. The van der Waals surface area contributed by atoms with Crippen LogP contribution in [0, 0.1) is 5.41 Å². The van der Waals surface area contributed by atoms with Gasteiger partial charge in [-0.1, -0.05) is 19.9 Å². The summed E-state index contributed by atoms with van der Waals surface area (Å²) < 4.78 is 0. The Bertz CT molecular complexity index is 361. The lowest BCUT2D eigenvalue weighted by Gasteiger charge is -2.20. The van der Waals surface area contributed by atoms with Crippen molar-refractivity contribution in [3.05, 3.63) is 23.9 Å². The first-order chi connectivity index (χ1) is 6.97. The van der Waals surface area contributed by atoms with Gasteiger partial charge in [0.1, 0.15) is 11.6 Å². The van der Waals surface area contributed by atoms with Crippen molar-refractivity contribution in [3.63, 3.8) is 0 Å². The zero-order valence-corrected chi connectivity index (χ0v) is 9.16. The van der Waals surface area contributed by atoms with Gasteiger partial charge in [-0.3, -0.25) is 4.79 Å². The van der Waals surface area contributed by atoms with Crippen LogP contribution in [0.2, 0.25) is 0 Å². The number of nitrogen functional groups attached to an aromatic ring is 1. The number of anilines is 1. The van der Waals surface area contributed by atoms with Gasteiger partial charge in [0.15, 0.2) is 0 Å². The molecule has 0 aliphatic heterocycles. The maximum Gasteiger partial charge on any atom is 0.144 e. The molecule has 0 aliphatic rings. The third-order valence-corrected chi connectivity index (χ3v) is 2.54. The van der Waals surface area contributed by atoms with E-state index >= 15 is 0 Å². The number of hydrogen-bond donors (Lipinski definition) is 2. The van der Waals surface area contributed by atoms with E-state index in [1.807, 2.05) is 19.9 Å². The normalized spacial score (nSPS) is 11.4. The molecule has 0 spiro atoms. The average molecular weight is 207 g/mol. The Balaban J connectivity index is 2.80. The van der Waals surface area contributed by atoms with Crippen molar-refractivity contribution in [1.29, 1.82) is 0 Å². The summed E-state index contributed by atoms with van der Waals surface area (Å²) in [4.78, 5) is 15.8. The van der Waals surface area contributed by atoms with Crippen LogP contribution >= 0.6 is 0 Å². The molecule has 0 aliphatic carbocycles. The Morgan fingerprint density at radius 2 is 2.20 bits per heavy atom. The topological polar surface area (TPSA) is 82.0 Å². The molecule has 4 heteroatoms. The smallest absolute Gasteiger partial charge is 0.144 e. The summed E-state index contributed by atoms with van der Waals surface area (Å²) in [5.41, 5.74) is 11.5. The maximum atomic E-state index is 11.9. The van der Waals surface area contributed by atoms with E-state index in [0.717, 1.165) is 5.56 Å². The van der Waals surface area contributed by atoms with Gasteiger partial charge < -0.3 is 11.5 Å². The van der Waals surface area contributed by atoms with Crippen molar-refractivity contribution in [1.82, 2.24) is 4.98 Å². The molecule has 4 N–H and O–H groups in total. The van der Waals surface area contributed by atoms with Gasteiger partial charge in [-0.2, -0.15) is 0 Å². The molecule has 1 rings (SSSR count). The molecule has 82 valence electrons.